The van der Waals surface area contributed by atoms with E-state index in [-0.39, 0.29) is 12.3 Å². The van der Waals surface area contributed by atoms with Gasteiger partial charge in [0.15, 0.2) is 0 Å². The normalized spacial score (nSPS) is 26.0. The fraction of sp³-hybridized carbons (Fsp3) is 0.435. The Balaban J connectivity index is 1.59. The summed E-state index contributed by atoms with van der Waals surface area (Å²) in [5.74, 6) is 1.01. The van der Waals surface area contributed by atoms with Gasteiger partial charge in [-0.15, -0.1) is 0 Å². The number of hydrogen-bond donors (Lipinski definition) is 0. The summed E-state index contributed by atoms with van der Waals surface area (Å²) in [4.78, 5) is 12.7. The molecule has 0 spiro atoms. The van der Waals surface area contributed by atoms with Gasteiger partial charge in [0.2, 0.25) is 0 Å². The Morgan fingerprint density at radius 2 is 1.37 bits per heavy atom. The molecule has 0 aromatic heterocycles. The van der Waals surface area contributed by atoms with Gasteiger partial charge < -0.3 is 14.4 Å². The first kappa shape index (κ1) is 20.0. The summed E-state index contributed by atoms with van der Waals surface area (Å²) in [5.41, 5.74) is 2.23. The Morgan fingerprint density at radius 1 is 0.767 bits per heavy atom. The molecule has 30 heavy (non-hydrogen) atoms. The quantitative estimate of drug-likeness (QED) is 0.751. The maximum absolute atomic E-state index is 6.21. The molecule has 7 heteroatoms. The number of anilines is 1. The van der Waals surface area contributed by atoms with E-state index in [2.05, 4.69) is 51.1 Å². The minimum absolute atomic E-state index is 0.0397. The molecule has 3 heterocycles. The number of morpholine rings is 2. The van der Waals surface area contributed by atoms with Gasteiger partial charge in [0.05, 0.1) is 26.4 Å². The summed E-state index contributed by atoms with van der Waals surface area (Å²) in [7, 11) is 0. The molecule has 0 bridgehead atoms. The maximum atomic E-state index is 6.21. The summed E-state index contributed by atoms with van der Waals surface area (Å²) in [6, 6.07) is 18.6. The number of hydrogen-bond acceptors (Lipinski definition) is 6. The smallest absolute Gasteiger partial charge is 0.139 e. The highest BCUT2D eigenvalue weighted by atomic mass is 35.5. The molecule has 2 fully saturated rings. The van der Waals surface area contributed by atoms with Crippen molar-refractivity contribution in [2.45, 2.75) is 12.3 Å². The molecule has 0 amide bonds. The maximum Gasteiger partial charge on any atom is 0.139 e. The molecule has 2 aromatic carbocycles. The zero-order chi connectivity index (χ0) is 20.3. The molecule has 0 saturated carbocycles. The van der Waals surface area contributed by atoms with Crippen molar-refractivity contribution in [3.05, 3.63) is 65.2 Å². The molecule has 0 aliphatic carbocycles. The topological polar surface area (TPSA) is 40.5 Å². The average Bonchev–Trinajstić information content (AvgIpc) is 3.22. The van der Waals surface area contributed by atoms with Crippen LogP contribution in [0.15, 0.2) is 59.6 Å². The van der Waals surface area contributed by atoms with E-state index in [1.807, 2.05) is 18.2 Å². The Hall–Kier alpha value is -1.96. The first-order valence-electron chi connectivity index (χ1n) is 10.6. The fourth-order valence-electron chi connectivity index (χ4n) is 4.50. The van der Waals surface area contributed by atoms with Crippen LogP contribution >= 0.6 is 11.6 Å². The lowest BCUT2D eigenvalue weighted by Gasteiger charge is -2.43. The molecule has 158 valence electrons. The van der Waals surface area contributed by atoms with Gasteiger partial charge in [-0.25, -0.2) is 4.99 Å². The summed E-state index contributed by atoms with van der Waals surface area (Å²) in [5, 5.41) is 0.740. The van der Waals surface area contributed by atoms with Crippen LogP contribution in [0.1, 0.15) is 5.56 Å². The number of ether oxygens (including phenoxy) is 2. The van der Waals surface area contributed by atoms with Gasteiger partial charge in [-0.05, 0) is 24.3 Å². The Morgan fingerprint density at radius 3 is 2.00 bits per heavy atom. The third-order valence-corrected chi connectivity index (χ3v) is 6.24. The third-order valence-electron chi connectivity index (χ3n) is 5.99. The molecule has 2 saturated heterocycles. The second-order valence-electron chi connectivity index (χ2n) is 7.79. The van der Waals surface area contributed by atoms with Crippen molar-refractivity contribution >= 4 is 23.1 Å². The lowest BCUT2D eigenvalue weighted by atomic mass is 10.1. The van der Waals surface area contributed by atoms with E-state index >= 15 is 0 Å². The van der Waals surface area contributed by atoms with E-state index in [9.17, 15) is 0 Å². The molecule has 0 N–H and O–H groups in total. The van der Waals surface area contributed by atoms with Crippen molar-refractivity contribution in [3.63, 3.8) is 0 Å². The molecule has 3 aliphatic rings. The highest BCUT2D eigenvalue weighted by molar-refractivity contribution is 6.30. The van der Waals surface area contributed by atoms with Gasteiger partial charge in [0.25, 0.3) is 0 Å². The van der Waals surface area contributed by atoms with E-state index in [1.54, 1.807) is 0 Å². The van der Waals surface area contributed by atoms with Crippen molar-refractivity contribution in [1.82, 2.24) is 9.80 Å². The van der Waals surface area contributed by atoms with Crippen LogP contribution in [0.4, 0.5) is 5.69 Å². The van der Waals surface area contributed by atoms with Gasteiger partial charge in [0, 0.05) is 42.5 Å². The molecule has 2 atom stereocenters. The van der Waals surface area contributed by atoms with E-state index in [1.165, 1.54) is 0 Å². The van der Waals surface area contributed by atoms with Gasteiger partial charge in [0.1, 0.15) is 18.2 Å². The number of halogens is 1. The largest absolute Gasteiger partial charge is 0.379 e. The van der Waals surface area contributed by atoms with Crippen molar-refractivity contribution < 1.29 is 9.47 Å². The number of rotatable bonds is 4. The minimum Gasteiger partial charge on any atom is -0.379 e. The Kier molecular flexibility index (Phi) is 6.02. The minimum atomic E-state index is 0.0397. The molecule has 0 radical (unpaired) electrons. The predicted octanol–water partition coefficient (Wildman–Crippen LogP) is 2.92. The van der Waals surface area contributed by atoms with Crippen LogP contribution in [0.5, 0.6) is 0 Å². The van der Waals surface area contributed by atoms with Gasteiger partial charge >= 0.3 is 0 Å². The fourth-order valence-corrected chi connectivity index (χ4v) is 4.62. The molecule has 2 unspecified atom stereocenters. The summed E-state index contributed by atoms with van der Waals surface area (Å²) in [6.45, 7) is 6.59. The van der Waals surface area contributed by atoms with Crippen molar-refractivity contribution in [1.29, 1.82) is 0 Å². The van der Waals surface area contributed by atoms with Crippen LogP contribution < -0.4 is 4.90 Å². The highest BCUT2D eigenvalue weighted by Crippen LogP contribution is 2.33. The van der Waals surface area contributed by atoms with E-state index in [4.69, 9.17) is 26.1 Å². The first-order valence-corrected chi connectivity index (χ1v) is 11.0. The average molecular weight is 427 g/mol. The van der Waals surface area contributed by atoms with Gasteiger partial charge in [-0.2, -0.15) is 0 Å². The molecule has 3 aliphatic heterocycles. The molecule has 2 aromatic rings. The zero-order valence-corrected chi connectivity index (χ0v) is 17.7. The van der Waals surface area contributed by atoms with Crippen LogP contribution in [-0.4, -0.2) is 80.6 Å². The Labute approximate surface area is 182 Å². The van der Waals surface area contributed by atoms with Crippen molar-refractivity contribution in [2.75, 3.05) is 57.5 Å². The monoisotopic (exact) mass is 426 g/mol. The SMILES string of the molecule is Clc1ccc(N2C(c3ccccc3)=NC(N3CCOCC3)C2N2CCOCC2)cc1. The number of benzene rings is 2. The predicted molar refractivity (Wildman–Crippen MR) is 119 cm³/mol. The first-order chi connectivity index (χ1) is 14.8. The molecular formula is C23H27ClN4O2. The summed E-state index contributed by atoms with van der Waals surface area (Å²) in [6.07, 6.45) is 0.140. The highest BCUT2D eigenvalue weighted by Gasteiger charge is 2.44. The van der Waals surface area contributed by atoms with Gasteiger partial charge in [-0.1, -0.05) is 41.9 Å². The van der Waals surface area contributed by atoms with E-state index in [0.29, 0.717) is 0 Å². The van der Waals surface area contributed by atoms with Crippen LogP contribution in [0, 0.1) is 0 Å². The van der Waals surface area contributed by atoms with Crippen LogP contribution in [-0.2, 0) is 9.47 Å². The number of aliphatic imine (C=N–C) groups is 1. The summed E-state index contributed by atoms with van der Waals surface area (Å²) >= 11 is 6.21. The Bertz CT molecular complexity index is 865. The standard InChI is InChI=1S/C23H27ClN4O2/c24-19-6-8-20(9-7-19)28-21(18-4-2-1-3-5-18)25-22(26-10-14-29-15-11-26)23(28)27-12-16-30-17-13-27/h1-9,22-23H,10-17H2. The van der Waals surface area contributed by atoms with E-state index < -0.39 is 0 Å². The van der Waals surface area contributed by atoms with Gasteiger partial charge in [-0.3, -0.25) is 9.80 Å². The van der Waals surface area contributed by atoms with Crippen LogP contribution in [0.25, 0.3) is 0 Å². The second-order valence-corrected chi connectivity index (χ2v) is 8.23. The molecule has 5 rings (SSSR count). The zero-order valence-electron chi connectivity index (χ0n) is 17.0. The number of nitrogens with zero attached hydrogens (tertiary/aromatic N) is 4. The van der Waals surface area contributed by atoms with Crippen LogP contribution in [0.2, 0.25) is 5.02 Å². The molecule has 6 nitrogen and oxygen atoms in total. The molecular weight excluding hydrogens is 400 g/mol. The lowest BCUT2D eigenvalue weighted by molar-refractivity contribution is -0.0273. The summed E-state index contributed by atoms with van der Waals surface area (Å²) < 4.78 is 11.3. The third kappa shape index (κ3) is 3.98. The van der Waals surface area contributed by atoms with Crippen molar-refractivity contribution in [3.8, 4) is 0 Å². The second kappa shape index (κ2) is 9.04. The lowest BCUT2D eigenvalue weighted by Crippen LogP contribution is -2.60. The number of amidine groups is 1. The van der Waals surface area contributed by atoms with Crippen molar-refractivity contribution in [2.24, 2.45) is 4.99 Å². The van der Waals surface area contributed by atoms with E-state index in [0.717, 1.165) is 74.7 Å². The van der Waals surface area contributed by atoms with Crippen LogP contribution in [0.3, 0.4) is 0 Å².